The molecule has 33 heavy (non-hydrogen) atoms. The van der Waals surface area contributed by atoms with Crippen LogP contribution in [0.3, 0.4) is 0 Å². The summed E-state index contributed by atoms with van der Waals surface area (Å²) in [5, 5.41) is 21.8. The number of nitrogens with zero attached hydrogens (tertiary/aromatic N) is 2. The molecule has 4 rings (SSSR count). The number of carbonyl (C=O) groups excluding carboxylic acids is 1. The van der Waals surface area contributed by atoms with E-state index in [1.807, 2.05) is 26.0 Å². The molecule has 0 unspecified atom stereocenters. The lowest BCUT2D eigenvalue weighted by Gasteiger charge is -2.20. The molecule has 3 heterocycles. The van der Waals surface area contributed by atoms with E-state index >= 15 is 0 Å². The topological polar surface area (TPSA) is 138 Å². The maximum absolute atomic E-state index is 12.8. The summed E-state index contributed by atoms with van der Waals surface area (Å²) in [4.78, 5) is 38.5. The number of aromatic nitrogens is 1. The van der Waals surface area contributed by atoms with Crippen molar-refractivity contribution in [2.75, 3.05) is 22.6 Å². The first-order valence-electron chi connectivity index (χ1n) is 10.2. The number of amides is 1. The molecule has 0 aliphatic heterocycles. The predicted octanol–water partition coefficient (Wildman–Crippen LogP) is 3.83. The first kappa shape index (κ1) is 22.3. The van der Waals surface area contributed by atoms with Gasteiger partial charge in [-0.1, -0.05) is 12.1 Å². The molecule has 1 atom stereocenters. The average Bonchev–Trinajstić information content (AvgIpc) is 3.52. The maximum atomic E-state index is 12.8. The quantitative estimate of drug-likeness (QED) is 0.328. The molecule has 4 aromatic rings. The van der Waals surface area contributed by atoms with Gasteiger partial charge in [-0.15, -0.1) is 11.3 Å². The molecular formula is C22H22N4O6S. The van der Waals surface area contributed by atoms with E-state index in [0.717, 1.165) is 17.1 Å². The zero-order chi connectivity index (χ0) is 23.9. The van der Waals surface area contributed by atoms with E-state index in [0.29, 0.717) is 23.8 Å². The number of hydrogen-bond donors (Lipinski definition) is 3. The highest BCUT2D eigenvalue weighted by Crippen LogP contribution is 2.38. The van der Waals surface area contributed by atoms with Gasteiger partial charge < -0.3 is 24.7 Å². The molecule has 0 spiro atoms. The molecule has 3 aromatic heterocycles. The molecular weight excluding hydrogens is 448 g/mol. The normalized spacial score (nSPS) is 12.1. The van der Waals surface area contributed by atoms with Gasteiger partial charge in [0.2, 0.25) is 0 Å². The van der Waals surface area contributed by atoms with Crippen LogP contribution >= 0.6 is 11.3 Å². The van der Waals surface area contributed by atoms with E-state index in [-0.39, 0.29) is 33.7 Å². The van der Waals surface area contributed by atoms with Gasteiger partial charge >= 0.3 is 0 Å². The second kappa shape index (κ2) is 8.58. The molecule has 0 fully saturated rings. The molecule has 3 N–H and O–H groups in total. The fourth-order valence-electron chi connectivity index (χ4n) is 3.33. The summed E-state index contributed by atoms with van der Waals surface area (Å²) in [6.07, 6.45) is 0.613. The Hall–Kier alpha value is -3.86. The number of aryl methyl sites for hydroxylation is 2. The third kappa shape index (κ3) is 4.02. The third-order valence-corrected chi connectivity index (χ3v) is 6.18. The second-order valence-electron chi connectivity index (χ2n) is 7.57. The highest BCUT2D eigenvalue weighted by atomic mass is 32.1. The number of rotatable bonds is 8. The Kier molecular flexibility index (Phi) is 5.81. The van der Waals surface area contributed by atoms with Crippen LogP contribution < -0.4 is 26.4 Å². The van der Waals surface area contributed by atoms with Crippen molar-refractivity contribution < 1.29 is 18.8 Å². The first-order chi connectivity index (χ1) is 15.7. The molecule has 0 bridgehead atoms. The summed E-state index contributed by atoms with van der Waals surface area (Å²) in [6, 6.07) is 4.91. The number of furan rings is 1. The molecule has 0 aliphatic rings. The molecule has 0 saturated carbocycles. The van der Waals surface area contributed by atoms with Crippen LogP contribution in [0, 0.1) is 13.8 Å². The highest BCUT2D eigenvalue weighted by molar-refractivity contribution is 7.13. The summed E-state index contributed by atoms with van der Waals surface area (Å²) in [5.41, 5.74) is -1.10. The number of anilines is 4. The van der Waals surface area contributed by atoms with Crippen molar-refractivity contribution in [1.82, 2.24) is 5.16 Å². The molecule has 11 heteroatoms. The summed E-state index contributed by atoms with van der Waals surface area (Å²) >= 11 is 0.996. The van der Waals surface area contributed by atoms with Crippen LogP contribution in [0.1, 0.15) is 46.3 Å². The van der Waals surface area contributed by atoms with Crippen molar-refractivity contribution in [2.45, 2.75) is 33.2 Å². The lowest BCUT2D eigenvalue weighted by atomic mass is 10.1. The summed E-state index contributed by atoms with van der Waals surface area (Å²) < 4.78 is 10.6. The van der Waals surface area contributed by atoms with Gasteiger partial charge in [0.1, 0.15) is 33.5 Å². The predicted molar refractivity (Wildman–Crippen MR) is 125 cm³/mol. The summed E-state index contributed by atoms with van der Waals surface area (Å²) in [6.45, 7) is 5.44. The highest BCUT2D eigenvalue weighted by Gasteiger charge is 2.28. The number of nitrogens with one attached hydrogen (secondary N) is 2. The zero-order valence-corrected chi connectivity index (χ0v) is 19.2. The Morgan fingerprint density at radius 1 is 1.21 bits per heavy atom. The monoisotopic (exact) mass is 470 g/mol. The maximum Gasteiger partial charge on any atom is 0.273 e. The number of hydrogen-bond acceptors (Lipinski definition) is 10. The lowest BCUT2D eigenvalue weighted by Crippen LogP contribution is -2.37. The molecule has 0 aliphatic carbocycles. The average molecular weight is 471 g/mol. The molecule has 1 amide bonds. The van der Waals surface area contributed by atoms with E-state index < -0.39 is 16.8 Å². The minimum Gasteiger partial charge on any atom is -0.504 e. The number of carbonyl (C=O) groups is 1. The minimum atomic E-state index is -0.711. The fourth-order valence-corrected chi connectivity index (χ4v) is 4.20. The number of aromatic hydroxyl groups is 1. The van der Waals surface area contributed by atoms with E-state index in [1.54, 1.807) is 13.0 Å². The van der Waals surface area contributed by atoms with Crippen LogP contribution in [0.25, 0.3) is 0 Å². The van der Waals surface area contributed by atoms with Crippen LogP contribution in [-0.4, -0.2) is 23.2 Å². The van der Waals surface area contributed by atoms with Gasteiger partial charge in [0.15, 0.2) is 11.6 Å². The molecule has 0 radical (unpaired) electrons. The Labute approximate surface area is 192 Å². The minimum absolute atomic E-state index is 0.0225. The van der Waals surface area contributed by atoms with E-state index in [2.05, 4.69) is 15.8 Å². The van der Waals surface area contributed by atoms with Gasteiger partial charge in [0.05, 0.1) is 11.7 Å². The van der Waals surface area contributed by atoms with E-state index in [4.69, 9.17) is 8.94 Å². The first-order valence-corrected chi connectivity index (χ1v) is 11.0. The summed E-state index contributed by atoms with van der Waals surface area (Å²) in [5.74, 6) is 1.39. The van der Waals surface area contributed by atoms with Gasteiger partial charge in [-0.3, -0.25) is 19.3 Å². The van der Waals surface area contributed by atoms with Crippen LogP contribution in [0.5, 0.6) is 5.75 Å². The Morgan fingerprint density at radius 2 is 1.94 bits per heavy atom. The fraction of sp³-hybridized carbons (Fsp3) is 0.273. The zero-order valence-electron chi connectivity index (χ0n) is 18.4. The van der Waals surface area contributed by atoms with Crippen LogP contribution in [0.2, 0.25) is 0 Å². The Morgan fingerprint density at radius 3 is 2.55 bits per heavy atom. The van der Waals surface area contributed by atoms with Gasteiger partial charge in [-0.05, 0) is 32.4 Å². The van der Waals surface area contributed by atoms with Crippen molar-refractivity contribution in [3.8, 4) is 5.75 Å². The standard InChI is InChI=1S/C22H22N4O6S/c1-5-12(14-7-6-10(2)31-14)23-16-17(20(29)19(16)28)24-13-9-33-21(18(13)27)22(30)26(4)15-8-11(3)32-25-15/h6-9,12,23-24,27H,5H2,1-4H3/t12-/m1/s1. The molecule has 1 aromatic carbocycles. The summed E-state index contributed by atoms with van der Waals surface area (Å²) in [7, 11) is 1.51. The van der Waals surface area contributed by atoms with Gasteiger partial charge in [-0.2, -0.15) is 0 Å². The third-order valence-electron chi connectivity index (χ3n) is 5.22. The van der Waals surface area contributed by atoms with E-state index in [1.165, 1.54) is 17.3 Å². The number of thiophene rings is 1. The molecule has 0 saturated heterocycles. The van der Waals surface area contributed by atoms with Crippen molar-refractivity contribution in [3.63, 3.8) is 0 Å². The second-order valence-corrected chi connectivity index (χ2v) is 8.45. The SMILES string of the molecule is CC[C@@H](Nc1c(Nc2csc(C(=O)N(C)c3cc(C)on3)c2O)c(=O)c1=O)c1ccc(C)o1. The van der Waals surface area contributed by atoms with E-state index in [9.17, 15) is 19.5 Å². The van der Waals surface area contributed by atoms with Crippen molar-refractivity contribution in [1.29, 1.82) is 0 Å². The van der Waals surface area contributed by atoms with Crippen molar-refractivity contribution in [3.05, 3.63) is 66.2 Å². The van der Waals surface area contributed by atoms with Gasteiger partial charge in [0.25, 0.3) is 16.8 Å². The van der Waals surface area contributed by atoms with Crippen molar-refractivity contribution in [2.24, 2.45) is 0 Å². The van der Waals surface area contributed by atoms with Crippen molar-refractivity contribution >= 4 is 40.1 Å². The van der Waals surface area contributed by atoms with Gasteiger partial charge in [-0.25, -0.2) is 0 Å². The largest absolute Gasteiger partial charge is 0.504 e. The lowest BCUT2D eigenvalue weighted by molar-refractivity contribution is 0.0993. The Bertz CT molecular complexity index is 1390. The molecule has 10 nitrogen and oxygen atoms in total. The van der Waals surface area contributed by atoms with Crippen LogP contribution in [0.4, 0.5) is 22.9 Å². The van der Waals surface area contributed by atoms with Gasteiger partial charge in [0, 0.05) is 18.5 Å². The Balaban J connectivity index is 1.55. The van der Waals surface area contributed by atoms with Crippen LogP contribution in [-0.2, 0) is 0 Å². The smallest absolute Gasteiger partial charge is 0.273 e. The molecule has 172 valence electrons. The van der Waals surface area contributed by atoms with Crippen LogP contribution in [0.15, 0.2) is 42.1 Å².